The van der Waals surface area contributed by atoms with Crippen molar-refractivity contribution < 1.29 is 24.1 Å². The number of hydrogen-bond donors (Lipinski definition) is 2. The van der Waals surface area contributed by atoms with Crippen molar-refractivity contribution in [2.24, 2.45) is 5.73 Å². The summed E-state index contributed by atoms with van der Waals surface area (Å²) in [7, 11) is 1.51. The van der Waals surface area contributed by atoms with Crippen molar-refractivity contribution in [2.75, 3.05) is 20.3 Å². The fourth-order valence-electron chi connectivity index (χ4n) is 2.04. The van der Waals surface area contributed by atoms with E-state index in [2.05, 4.69) is 15.9 Å². The molecule has 0 spiro atoms. The lowest BCUT2D eigenvalue weighted by Gasteiger charge is -2.18. The molecule has 6 nitrogen and oxygen atoms in total. The molecule has 1 heterocycles. The van der Waals surface area contributed by atoms with E-state index < -0.39 is 12.0 Å². The number of ether oxygens (including phenoxy) is 3. The lowest BCUT2D eigenvalue weighted by molar-refractivity contribution is -0.138. The summed E-state index contributed by atoms with van der Waals surface area (Å²) in [5.74, 6) is 0.531. The van der Waals surface area contributed by atoms with Gasteiger partial charge in [-0.25, -0.2) is 0 Å². The Balaban J connectivity index is 2.49. The van der Waals surface area contributed by atoms with Gasteiger partial charge >= 0.3 is 5.97 Å². The van der Waals surface area contributed by atoms with Gasteiger partial charge in [-0.05, 0) is 15.9 Å². The van der Waals surface area contributed by atoms with Gasteiger partial charge in [0.15, 0.2) is 11.5 Å². The summed E-state index contributed by atoms with van der Waals surface area (Å²) in [5, 5.41) is 8.99. The molecular weight excluding hydrogens is 330 g/mol. The first-order chi connectivity index (χ1) is 9.54. The highest BCUT2D eigenvalue weighted by molar-refractivity contribution is 9.10. The molecule has 2 rings (SSSR count). The normalized spacial score (nSPS) is 15.3. The molecular formula is C13H16BrNO5. The van der Waals surface area contributed by atoms with E-state index in [1.807, 2.05) is 0 Å². The second kappa shape index (κ2) is 6.32. The minimum absolute atomic E-state index is 0.101. The van der Waals surface area contributed by atoms with Crippen LogP contribution in [0.2, 0.25) is 0 Å². The molecule has 0 amide bonds. The molecule has 0 fully saturated rings. The number of hydrogen-bond acceptors (Lipinski definition) is 5. The van der Waals surface area contributed by atoms with Crippen LogP contribution in [0.1, 0.15) is 12.0 Å². The van der Waals surface area contributed by atoms with Crippen molar-refractivity contribution in [1.29, 1.82) is 0 Å². The summed E-state index contributed by atoms with van der Waals surface area (Å²) < 4.78 is 17.3. The average molecular weight is 346 g/mol. The van der Waals surface area contributed by atoms with Crippen LogP contribution in [0.4, 0.5) is 0 Å². The van der Waals surface area contributed by atoms with Crippen LogP contribution >= 0.6 is 15.9 Å². The summed E-state index contributed by atoms with van der Waals surface area (Å²) in [6, 6.07) is 0.726. The van der Waals surface area contributed by atoms with Gasteiger partial charge in [0.1, 0.15) is 11.8 Å². The number of benzene rings is 1. The highest BCUT2D eigenvalue weighted by Gasteiger charge is 2.25. The maximum absolute atomic E-state index is 11.0. The van der Waals surface area contributed by atoms with Gasteiger partial charge in [0.05, 0.1) is 24.8 Å². The van der Waals surface area contributed by atoms with Crippen LogP contribution in [0.25, 0.3) is 0 Å². The van der Waals surface area contributed by atoms with Gasteiger partial charge in [0.2, 0.25) is 0 Å². The molecule has 3 N–H and O–H groups in total. The molecule has 0 saturated heterocycles. The third-order valence-electron chi connectivity index (χ3n) is 2.98. The van der Waals surface area contributed by atoms with Crippen LogP contribution in [0.15, 0.2) is 10.5 Å². The third kappa shape index (κ3) is 2.99. The molecule has 1 aromatic carbocycles. The fourth-order valence-corrected chi connectivity index (χ4v) is 2.65. The Morgan fingerprint density at radius 3 is 2.90 bits per heavy atom. The van der Waals surface area contributed by atoms with E-state index >= 15 is 0 Å². The summed E-state index contributed by atoms with van der Waals surface area (Å²) in [5.41, 5.74) is 6.23. The number of halogens is 1. The molecule has 1 aliphatic heterocycles. The molecule has 0 bridgehead atoms. The zero-order valence-electron chi connectivity index (χ0n) is 11.0. The molecule has 1 unspecified atom stereocenters. The van der Waals surface area contributed by atoms with Gasteiger partial charge in [-0.3, -0.25) is 4.79 Å². The standard InChI is InChI=1S/C13H16BrNO5/c1-18-11-7(5-9(15)13(16)17)12-10(6-8(11)14)19-3-2-4-20-12/h6,9H,2-5,15H2,1H3,(H,16,17). The van der Waals surface area contributed by atoms with Crippen molar-refractivity contribution >= 4 is 21.9 Å². The minimum atomic E-state index is -1.07. The van der Waals surface area contributed by atoms with Gasteiger partial charge in [-0.2, -0.15) is 0 Å². The predicted octanol–water partition coefficient (Wildman–Crippen LogP) is 1.57. The zero-order chi connectivity index (χ0) is 14.7. The lowest BCUT2D eigenvalue weighted by atomic mass is 10.0. The van der Waals surface area contributed by atoms with Gasteiger partial charge in [-0.15, -0.1) is 0 Å². The highest BCUT2D eigenvalue weighted by Crippen LogP contribution is 2.44. The van der Waals surface area contributed by atoms with E-state index in [4.69, 9.17) is 25.1 Å². The number of fused-ring (bicyclic) bond motifs is 1. The zero-order valence-corrected chi connectivity index (χ0v) is 12.6. The van der Waals surface area contributed by atoms with Crippen molar-refractivity contribution in [3.63, 3.8) is 0 Å². The third-order valence-corrected chi connectivity index (χ3v) is 3.57. The van der Waals surface area contributed by atoms with Crippen molar-refractivity contribution in [3.05, 3.63) is 16.1 Å². The first-order valence-electron chi connectivity index (χ1n) is 6.18. The second-order valence-corrected chi connectivity index (χ2v) is 5.25. The maximum atomic E-state index is 11.0. The maximum Gasteiger partial charge on any atom is 0.320 e. The van der Waals surface area contributed by atoms with Crippen LogP contribution < -0.4 is 19.9 Å². The average Bonchev–Trinajstić information content (AvgIpc) is 2.63. The summed E-state index contributed by atoms with van der Waals surface area (Å²) >= 11 is 3.39. The van der Waals surface area contributed by atoms with E-state index in [0.29, 0.717) is 40.5 Å². The van der Waals surface area contributed by atoms with Gasteiger partial charge in [-0.1, -0.05) is 0 Å². The lowest BCUT2D eigenvalue weighted by Crippen LogP contribution is -2.32. The largest absolute Gasteiger partial charge is 0.495 e. The Kier molecular flexibility index (Phi) is 4.72. The molecule has 0 radical (unpaired) electrons. The molecule has 0 saturated carbocycles. The van der Waals surface area contributed by atoms with Crippen molar-refractivity contribution in [1.82, 2.24) is 0 Å². The Morgan fingerprint density at radius 2 is 2.25 bits per heavy atom. The van der Waals surface area contributed by atoms with Crippen molar-refractivity contribution in [3.8, 4) is 17.2 Å². The van der Waals surface area contributed by atoms with Gasteiger partial charge in [0.25, 0.3) is 0 Å². The number of rotatable bonds is 4. The number of carbonyl (C=O) groups is 1. The molecule has 0 aromatic heterocycles. The monoisotopic (exact) mass is 345 g/mol. The van der Waals surface area contributed by atoms with E-state index in [0.717, 1.165) is 6.42 Å². The van der Waals surface area contributed by atoms with Crippen molar-refractivity contribution in [2.45, 2.75) is 18.9 Å². The summed E-state index contributed by atoms with van der Waals surface area (Å²) in [6.45, 7) is 1.06. The molecule has 110 valence electrons. The first-order valence-corrected chi connectivity index (χ1v) is 6.97. The smallest absolute Gasteiger partial charge is 0.320 e. The predicted molar refractivity (Wildman–Crippen MR) is 75.6 cm³/mol. The Morgan fingerprint density at radius 1 is 1.55 bits per heavy atom. The molecule has 1 aliphatic rings. The molecule has 7 heteroatoms. The first kappa shape index (κ1) is 14.9. The number of methoxy groups -OCH3 is 1. The van der Waals surface area contributed by atoms with Crippen LogP contribution in [0, 0.1) is 0 Å². The molecule has 1 atom stereocenters. The minimum Gasteiger partial charge on any atom is -0.495 e. The highest BCUT2D eigenvalue weighted by atomic mass is 79.9. The van der Waals surface area contributed by atoms with Crippen LogP contribution in [0.3, 0.4) is 0 Å². The quantitative estimate of drug-likeness (QED) is 0.860. The Bertz CT molecular complexity index is 520. The summed E-state index contributed by atoms with van der Waals surface area (Å²) in [4.78, 5) is 11.0. The fraction of sp³-hybridized carbons (Fsp3) is 0.462. The Hall–Kier alpha value is -1.47. The van der Waals surface area contributed by atoms with E-state index in [9.17, 15) is 4.79 Å². The number of carboxylic acids is 1. The number of carboxylic acid groups (broad SMARTS) is 1. The molecule has 1 aromatic rings. The molecule has 20 heavy (non-hydrogen) atoms. The van der Waals surface area contributed by atoms with E-state index in [1.165, 1.54) is 7.11 Å². The van der Waals surface area contributed by atoms with E-state index in [-0.39, 0.29) is 6.42 Å². The summed E-state index contributed by atoms with van der Waals surface area (Å²) in [6.07, 6.45) is 0.864. The van der Waals surface area contributed by atoms with Gasteiger partial charge in [0, 0.05) is 24.5 Å². The SMILES string of the molecule is COc1c(Br)cc2c(c1CC(N)C(=O)O)OCCCO2. The van der Waals surface area contributed by atoms with Crippen LogP contribution in [0.5, 0.6) is 17.2 Å². The van der Waals surface area contributed by atoms with Gasteiger partial charge < -0.3 is 25.1 Å². The number of nitrogens with two attached hydrogens (primary N) is 1. The number of aliphatic carboxylic acids is 1. The Labute approximate surface area is 124 Å². The van der Waals surface area contributed by atoms with E-state index in [1.54, 1.807) is 6.07 Å². The molecule has 0 aliphatic carbocycles. The van der Waals surface area contributed by atoms with Crippen LogP contribution in [-0.4, -0.2) is 37.4 Å². The van der Waals surface area contributed by atoms with Crippen LogP contribution in [-0.2, 0) is 11.2 Å². The second-order valence-electron chi connectivity index (χ2n) is 4.40. The topological polar surface area (TPSA) is 91.0 Å².